The van der Waals surface area contributed by atoms with Gasteiger partial charge in [0.2, 0.25) is 5.91 Å². The van der Waals surface area contributed by atoms with Crippen molar-refractivity contribution in [3.63, 3.8) is 0 Å². The van der Waals surface area contributed by atoms with Gasteiger partial charge in [-0.15, -0.1) is 0 Å². The molecule has 0 bridgehead atoms. The molecule has 2 fully saturated rings. The maximum atomic E-state index is 13.0. The van der Waals surface area contributed by atoms with Crippen LogP contribution in [0.25, 0.3) is 0 Å². The Hall–Kier alpha value is -0.610. The molecule has 2 heterocycles. The van der Waals surface area contributed by atoms with Gasteiger partial charge in [0, 0.05) is 6.54 Å². The second kappa shape index (κ2) is 6.71. The Bertz CT molecular complexity index is 295. The summed E-state index contributed by atoms with van der Waals surface area (Å²) in [6, 6.07) is 0.0601. The first-order valence-electron chi connectivity index (χ1n) is 7.86. The Morgan fingerprint density at radius 3 is 2.74 bits per heavy atom. The van der Waals surface area contributed by atoms with Crippen LogP contribution in [-0.4, -0.2) is 48.2 Å². The van der Waals surface area contributed by atoms with Crippen molar-refractivity contribution in [3.05, 3.63) is 0 Å². The summed E-state index contributed by atoms with van der Waals surface area (Å²) in [5, 5.41) is 12.9. The van der Waals surface area contributed by atoms with E-state index >= 15 is 0 Å². The zero-order chi connectivity index (χ0) is 13.7. The molecule has 2 saturated heterocycles. The summed E-state index contributed by atoms with van der Waals surface area (Å²) >= 11 is 0. The summed E-state index contributed by atoms with van der Waals surface area (Å²) < 4.78 is 0. The topological polar surface area (TPSA) is 52.6 Å². The highest BCUT2D eigenvalue weighted by Gasteiger charge is 2.43. The smallest absolute Gasteiger partial charge is 0.229 e. The minimum Gasteiger partial charge on any atom is -0.394 e. The molecule has 1 atom stereocenters. The molecule has 110 valence electrons. The quantitative estimate of drug-likeness (QED) is 0.813. The molecule has 2 aliphatic heterocycles. The standard InChI is InChI=1S/C15H28N2O2/c1-2-6-15(7-9-16-10-8-15)14(19)17-11-4-3-5-13(17)12-18/h13,16,18H,2-12H2,1H3. The SMILES string of the molecule is CCCC1(C(=O)N2CCCCC2CO)CCNCC1. The number of rotatable bonds is 4. The molecule has 0 radical (unpaired) electrons. The highest BCUT2D eigenvalue weighted by atomic mass is 16.3. The van der Waals surface area contributed by atoms with Gasteiger partial charge in [-0.05, 0) is 51.6 Å². The van der Waals surface area contributed by atoms with Crippen LogP contribution < -0.4 is 5.32 Å². The number of hydrogen-bond acceptors (Lipinski definition) is 3. The van der Waals surface area contributed by atoms with E-state index in [1.807, 2.05) is 4.90 Å². The van der Waals surface area contributed by atoms with Crippen molar-refractivity contribution in [3.8, 4) is 0 Å². The van der Waals surface area contributed by atoms with E-state index in [-0.39, 0.29) is 18.1 Å². The molecule has 0 spiro atoms. The average Bonchev–Trinajstić information content (AvgIpc) is 2.47. The maximum Gasteiger partial charge on any atom is 0.229 e. The van der Waals surface area contributed by atoms with Crippen molar-refractivity contribution < 1.29 is 9.90 Å². The molecular formula is C15H28N2O2. The van der Waals surface area contributed by atoms with Gasteiger partial charge in [0.1, 0.15) is 0 Å². The van der Waals surface area contributed by atoms with Crippen LogP contribution in [0.4, 0.5) is 0 Å². The normalized spacial score (nSPS) is 27.3. The zero-order valence-electron chi connectivity index (χ0n) is 12.2. The van der Waals surface area contributed by atoms with Crippen molar-refractivity contribution in [1.82, 2.24) is 10.2 Å². The largest absolute Gasteiger partial charge is 0.394 e. The number of nitrogens with zero attached hydrogens (tertiary/aromatic N) is 1. The van der Waals surface area contributed by atoms with Crippen LogP contribution in [0.15, 0.2) is 0 Å². The van der Waals surface area contributed by atoms with Crippen LogP contribution in [0.3, 0.4) is 0 Å². The Labute approximate surface area is 116 Å². The number of carbonyl (C=O) groups excluding carboxylic acids is 1. The van der Waals surface area contributed by atoms with Gasteiger partial charge in [-0.25, -0.2) is 0 Å². The molecule has 2 N–H and O–H groups in total. The lowest BCUT2D eigenvalue weighted by Crippen LogP contribution is -2.54. The molecule has 4 heteroatoms. The summed E-state index contributed by atoms with van der Waals surface area (Å²) in [5.41, 5.74) is -0.162. The van der Waals surface area contributed by atoms with E-state index < -0.39 is 0 Å². The molecule has 2 aliphatic rings. The molecule has 1 amide bonds. The van der Waals surface area contributed by atoms with E-state index in [2.05, 4.69) is 12.2 Å². The number of hydrogen-bond donors (Lipinski definition) is 2. The highest BCUT2D eigenvalue weighted by molar-refractivity contribution is 5.83. The van der Waals surface area contributed by atoms with E-state index in [0.717, 1.165) is 64.6 Å². The number of carbonyl (C=O) groups is 1. The first-order chi connectivity index (χ1) is 9.23. The second-order valence-electron chi connectivity index (χ2n) is 6.11. The Balaban J connectivity index is 2.13. The second-order valence-corrected chi connectivity index (χ2v) is 6.11. The van der Waals surface area contributed by atoms with Crippen LogP contribution in [0, 0.1) is 5.41 Å². The fourth-order valence-electron chi connectivity index (χ4n) is 3.72. The molecular weight excluding hydrogens is 240 g/mol. The summed E-state index contributed by atoms with van der Waals surface area (Å²) in [4.78, 5) is 15.0. The van der Waals surface area contributed by atoms with Crippen LogP contribution >= 0.6 is 0 Å². The molecule has 0 saturated carbocycles. The first-order valence-corrected chi connectivity index (χ1v) is 7.86. The predicted molar refractivity (Wildman–Crippen MR) is 75.9 cm³/mol. The fraction of sp³-hybridized carbons (Fsp3) is 0.933. The minimum atomic E-state index is -0.162. The van der Waals surface area contributed by atoms with Crippen LogP contribution in [-0.2, 0) is 4.79 Å². The van der Waals surface area contributed by atoms with Gasteiger partial charge in [-0.2, -0.15) is 0 Å². The number of aliphatic hydroxyl groups is 1. The predicted octanol–water partition coefficient (Wildman–Crippen LogP) is 1.53. The Kier molecular flexibility index (Phi) is 5.22. The van der Waals surface area contributed by atoms with E-state index in [0.29, 0.717) is 5.91 Å². The van der Waals surface area contributed by atoms with Gasteiger partial charge < -0.3 is 15.3 Å². The third-order valence-corrected chi connectivity index (χ3v) is 4.84. The van der Waals surface area contributed by atoms with Crippen molar-refractivity contribution in [2.75, 3.05) is 26.2 Å². The first kappa shape index (κ1) is 14.8. The average molecular weight is 268 g/mol. The Morgan fingerprint density at radius 1 is 1.37 bits per heavy atom. The summed E-state index contributed by atoms with van der Waals surface area (Å²) in [7, 11) is 0. The highest BCUT2D eigenvalue weighted by Crippen LogP contribution is 2.37. The maximum absolute atomic E-state index is 13.0. The molecule has 0 aromatic carbocycles. The van der Waals surface area contributed by atoms with Crippen molar-refractivity contribution in [2.45, 2.75) is 57.9 Å². The van der Waals surface area contributed by atoms with Gasteiger partial charge in [0.25, 0.3) is 0 Å². The van der Waals surface area contributed by atoms with Crippen LogP contribution in [0.1, 0.15) is 51.9 Å². The molecule has 0 aromatic rings. The van der Waals surface area contributed by atoms with Gasteiger partial charge in [-0.3, -0.25) is 4.79 Å². The molecule has 2 rings (SSSR count). The summed E-state index contributed by atoms with van der Waals surface area (Å²) in [6.45, 7) is 5.01. The number of piperidine rings is 2. The van der Waals surface area contributed by atoms with Crippen molar-refractivity contribution >= 4 is 5.91 Å². The van der Waals surface area contributed by atoms with Crippen molar-refractivity contribution in [1.29, 1.82) is 0 Å². The number of likely N-dealkylation sites (tertiary alicyclic amines) is 1. The number of amides is 1. The molecule has 0 aromatic heterocycles. The van der Waals surface area contributed by atoms with Crippen LogP contribution in [0.5, 0.6) is 0 Å². The fourth-order valence-corrected chi connectivity index (χ4v) is 3.72. The van der Waals surface area contributed by atoms with E-state index in [4.69, 9.17) is 0 Å². The molecule has 1 unspecified atom stereocenters. The third-order valence-electron chi connectivity index (χ3n) is 4.84. The van der Waals surface area contributed by atoms with E-state index in [1.165, 1.54) is 0 Å². The number of nitrogens with one attached hydrogen (secondary N) is 1. The monoisotopic (exact) mass is 268 g/mol. The third kappa shape index (κ3) is 3.11. The lowest BCUT2D eigenvalue weighted by Gasteiger charge is -2.44. The lowest BCUT2D eigenvalue weighted by atomic mass is 9.73. The van der Waals surface area contributed by atoms with Gasteiger partial charge in [0.05, 0.1) is 18.1 Å². The molecule has 0 aliphatic carbocycles. The molecule has 19 heavy (non-hydrogen) atoms. The summed E-state index contributed by atoms with van der Waals surface area (Å²) in [6.07, 6.45) is 7.14. The van der Waals surface area contributed by atoms with E-state index in [9.17, 15) is 9.90 Å². The lowest BCUT2D eigenvalue weighted by molar-refractivity contribution is -0.149. The Morgan fingerprint density at radius 2 is 2.11 bits per heavy atom. The summed E-state index contributed by atoms with van der Waals surface area (Å²) in [5.74, 6) is 0.314. The van der Waals surface area contributed by atoms with Gasteiger partial charge in [-0.1, -0.05) is 13.3 Å². The van der Waals surface area contributed by atoms with Crippen LogP contribution in [0.2, 0.25) is 0 Å². The van der Waals surface area contributed by atoms with Gasteiger partial charge >= 0.3 is 0 Å². The zero-order valence-corrected chi connectivity index (χ0v) is 12.2. The minimum absolute atomic E-state index is 0.0601. The van der Waals surface area contributed by atoms with E-state index in [1.54, 1.807) is 0 Å². The van der Waals surface area contributed by atoms with Gasteiger partial charge in [0.15, 0.2) is 0 Å². The molecule has 4 nitrogen and oxygen atoms in total. The van der Waals surface area contributed by atoms with Crippen molar-refractivity contribution in [2.24, 2.45) is 5.41 Å². The number of aliphatic hydroxyl groups excluding tert-OH is 1.